The second-order valence-corrected chi connectivity index (χ2v) is 7.17. The Balaban J connectivity index is 2.04. The lowest BCUT2D eigenvalue weighted by Crippen LogP contribution is -2.45. The largest absolute Gasteiger partial charge is 0.573 e. The molecule has 0 unspecified atom stereocenters. The van der Waals surface area contributed by atoms with E-state index in [4.69, 9.17) is 4.74 Å². The number of phenolic OH excluding ortho intramolecular Hbond substituents is 1. The van der Waals surface area contributed by atoms with Gasteiger partial charge in [0.15, 0.2) is 11.5 Å². The quantitative estimate of drug-likeness (QED) is 0.704. The Kier molecular flexibility index (Phi) is 6.36. The molecule has 1 fully saturated rings. The smallest absolute Gasteiger partial charge is 0.504 e. The van der Waals surface area contributed by atoms with Gasteiger partial charge in [-0.2, -0.15) is 0 Å². The first-order chi connectivity index (χ1) is 13.3. The minimum atomic E-state index is -4.74. The number of alkyl halides is 3. The predicted molar refractivity (Wildman–Crippen MR) is 102 cm³/mol. The Morgan fingerprint density at radius 3 is 2.32 bits per heavy atom. The first-order valence-corrected chi connectivity index (χ1v) is 9.45. The SMILES string of the molecule is COc1ccc(Br)c([C@H](c2ccc(OC(F)(F)F)cc2)N2CCNCC2)c1O. The molecule has 3 rings (SSSR count). The van der Waals surface area contributed by atoms with Gasteiger partial charge in [0, 0.05) is 36.2 Å². The van der Waals surface area contributed by atoms with Gasteiger partial charge in [0.1, 0.15) is 5.75 Å². The van der Waals surface area contributed by atoms with Crippen molar-refractivity contribution in [1.82, 2.24) is 10.2 Å². The van der Waals surface area contributed by atoms with Crippen LogP contribution in [0.25, 0.3) is 0 Å². The molecule has 1 aliphatic heterocycles. The van der Waals surface area contributed by atoms with Crippen LogP contribution in [-0.2, 0) is 0 Å². The standard InChI is InChI=1S/C19H20BrF3N2O3/c1-27-15-7-6-14(20)16(18(15)26)17(25-10-8-24-9-11-25)12-2-4-13(5-3-12)28-19(21,22)23/h2-7,17,24,26H,8-11H2,1H3/t17-/m0/s1. The van der Waals surface area contributed by atoms with Gasteiger partial charge in [-0.15, -0.1) is 13.2 Å². The first kappa shape index (κ1) is 20.8. The molecule has 28 heavy (non-hydrogen) atoms. The highest BCUT2D eigenvalue weighted by molar-refractivity contribution is 9.10. The van der Waals surface area contributed by atoms with Gasteiger partial charge in [-0.25, -0.2) is 0 Å². The minimum absolute atomic E-state index is 0.00368. The minimum Gasteiger partial charge on any atom is -0.504 e. The number of phenols is 1. The monoisotopic (exact) mass is 460 g/mol. The van der Waals surface area contributed by atoms with Crippen LogP contribution in [0.2, 0.25) is 0 Å². The maximum atomic E-state index is 12.5. The van der Waals surface area contributed by atoms with Crippen molar-refractivity contribution in [3.05, 3.63) is 52.0 Å². The Labute approximate surface area is 169 Å². The van der Waals surface area contributed by atoms with Crippen LogP contribution in [-0.4, -0.2) is 49.7 Å². The summed E-state index contributed by atoms with van der Waals surface area (Å²) in [7, 11) is 1.47. The molecule has 2 aromatic carbocycles. The van der Waals surface area contributed by atoms with Crippen LogP contribution >= 0.6 is 15.9 Å². The number of nitrogens with zero attached hydrogens (tertiary/aromatic N) is 1. The summed E-state index contributed by atoms with van der Waals surface area (Å²) >= 11 is 3.50. The summed E-state index contributed by atoms with van der Waals surface area (Å²) in [6.45, 7) is 2.98. The average molecular weight is 461 g/mol. The van der Waals surface area contributed by atoms with E-state index in [1.54, 1.807) is 24.3 Å². The Morgan fingerprint density at radius 2 is 1.75 bits per heavy atom. The Morgan fingerprint density at radius 1 is 1.11 bits per heavy atom. The van der Waals surface area contributed by atoms with E-state index in [0.717, 1.165) is 18.7 Å². The predicted octanol–water partition coefficient (Wildman–Crippen LogP) is 4.06. The Bertz CT molecular complexity index is 809. The number of nitrogens with one attached hydrogen (secondary N) is 1. The molecule has 5 nitrogen and oxygen atoms in total. The third-order valence-corrected chi connectivity index (χ3v) is 5.26. The fourth-order valence-electron chi connectivity index (χ4n) is 3.34. The van der Waals surface area contributed by atoms with Gasteiger partial charge in [-0.1, -0.05) is 28.1 Å². The summed E-state index contributed by atoms with van der Waals surface area (Å²) in [6, 6.07) is 8.79. The number of ether oxygens (including phenoxy) is 2. The van der Waals surface area contributed by atoms with Gasteiger partial charge >= 0.3 is 6.36 Å². The van der Waals surface area contributed by atoms with Crippen LogP contribution in [0.5, 0.6) is 17.2 Å². The molecule has 0 bridgehead atoms. The summed E-state index contributed by atoms with van der Waals surface area (Å²) in [6.07, 6.45) is -4.74. The molecule has 0 amide bonds. The van der Waals surface area contributed by atoms with Crippen molar-refractivity contribution >= 4 is 15.9 Å². The molecule has 1 saturated heterocycles. The number of aromatic hydroxyl groups is 1. The van der Waals surface area contributed by atoms with E-state index in [9.17, 15) is 18.3 Å². The van der Waals surface area contributed by atoms with E-state index in [2.05, 4.69) is 30.9 Å². The third-order valence-electron chi connectivity index (χ3n) is 4.57. The molecule has 0 aromatic heterocycles. The highest BCUT2D eigenvalue weighted by Gasteiger charge is 2.32. The van der Waals surface area contributed by atoms with Crippen LogP contribution in [0.3, 0.4) is 0 Å². The molecule has 1 heterocycles. The highest BCUT2D eigenvalue weighted by Crippen LogP contribution is 2.44. The summed E-state index contributed by atoms with van der Waals surface area (Å²) in [5.74, 6) is 0.0376. The molecule has 0 radical (unpaired) electrons. The number of benzene rings is 2. The van der Waals surface area contributed by atoms with E-state index in [1.165, 1.54) is 19.2 Å². The molecule has 1 aliphatic rings. The molecule has 2 aromatic rings. The van der Waals surface area contributed by atoms with Gasteiger partial charge < -0.3 is 19.9 Å². The fourth-order valence-corrected chi connectivity index (χ4v) is 3.88. The average Bonchev–Trinajstić information content (AvgIpc) is 2.66. The van der Waals surface area contributed by atoms with E-state index in [0.29, 0.717) is 28.9 Å². The van der Waals surface area contributed by atoms with Gasteiger partial charge in [-0.05, 0) is 29.8 Å². The number of hydrogen-bond acceptors (Lipinski definition) is 5. The molecule has 1 atom stereocenters. The lowest BCUT2D eigenvalue weighted by Gasteiger charge is -2.36. The molecule has 152 valence electrons. The van der Waals surface area contributed by atoms with E-state index < -0.39 is 6.36 Å². The van der Waals surface area contributed by atoms with Crippen LogP contribution < -0.4 is 14.8 Å². The molecular weight excluding hydrogens is 441 g/mol. The second-order valence-electron chi connectivity index (χ2n) is 6.32. The second kappa shape index (κ2) is 8.59. The van der Waals surface area contributed by atoms with Crippen molar-refractivity contribution in [1.29, 1.82) is 0 Å². The summed E-state index contributed by atoms with van der Waals surface area (Å²) in [5, 5.41) is 14.0. The van der Waals surface area contributed by atoms with Crippen LogP contribution in [0.1, 0.15) is 17.2 Å². The maximum Gasteiger partial charge on any atom is 0.573 e. The van der Waals surface area contributed by atoms with Crippen molar-refractivity contribution in [2.24, 2.45) is 0 Å². The third kappa shape index (κ3) is 4.71. The van der Waals surface area contributed by atoms with Crippen LogP contribution in [0.15, 0.2) is 40.9 Å². The molecular formula is C19H20BrF3N2O3. The van der Waals surface area contributed by atoms with E-state index in [1.807, 2.05) is 0 Å². The van der Waals surface area contributed by atoms with Crippen LogP contribution in [0.4, 0.5) is 13.2 Å². The normalized spacial score (nSPS) is 16.6. The summed E-state index contributed by atoms with van der Waals surface area (Å²) in [4.78, 5) is 2.16. The first-order valence-electron chi connectivity index (χ1n) is 8.66. The zero-order valence-corrected chi connectivity index (χ0v) is 16.7. The number of piperazine rings is 1. The van der Waals surface area contributed by atoms with Gasteiger partial charge in [-0.3, -0.25) is 4.90 Å². The Hall–Kier alpha value is -1.97. The lowest BCUT2D eigenvalue weighted by atomic mass is 9.95. The summed E-state index contributed by atoms with van der Waals surface area (Å²) < 4.78 is 47.3. The number of rotatable bonds is 5. The molecule has 2 N–H and O–H groups in total. The summed E-state index contributed by atoms with van der Waals surface area (Å²) in [5.41, 5.74) is 1.34. The van der Waals surface area contributed by atoms with Gasteiger partial charge in [0.2, 0.25) is 0 Å². The zero-order chi connectivity index (χ0) is 20.3. The number of hydrogen-bond donors (Lipinski definition) is 2. The van der Waals surface area contributed by atoms with Crippen molar-refractivity contribution in [3.63, 3.8) is 0 Å². The molecule has 0 saturated carbocycles. The molecule has 9 heteroatoms. The van der Waals surface area contributed by atoms with E-state index >= 15 is 0 Å². The van der Waals surface area contributed by atoms with Crippen molar-refractivity contribution in [2.45, 2.75) is 12.4 Å². The van der Waals surface area contributed by atoms with Gasteiger partial charge in [0.25, 0.3) is 0 Å². The van der Waals surface area contributed by atoms with Gasteiger partial charge in [0.05, 0.1) is 13.2 Å². The number of halogens is 4. The lowest BCUT2D eigenvalue weighted by molar-refractivity contribution is -0.274. The molecule has 0 spiro atoms. The van der Waals surface area contributed by atoms with Crippen molar-refractivity contribution in [3.8, 4) is 17.2 Å². The fraction of sp³-hybridized carbons (Fsp3) is 0.368. The maximum absolute atomic E-state index is 12.5. The van der Waals surface area contributed by atoms with Crippen molar-refractivity contribution < 1.29 is 27.8 Å². The molecule has 0 aliphatic carbocycles. The zero-order valence-electron chi connectivity index (χ0n) is 15.1. The van der Waals surface area contributed by atoms with Crippen LogP contribution in [0, 0.1) is 0 Å². The van der Waals surface area contributed by atoms with Crippen molar-refractivity contribution in [2.75, 3.05) is 33.3 Å². The van der Waals surface area contributed by atoms with E-state index in [-0.39, 0.29) is 17.5 Å². The topological polar surface area (TPSA) is 54.0 Å². The number of methoxy groups -OCH3 is 1. The highest BCUT2D eigenvalue weighted by atomic mass is 79.9.